The van der Waals surface area contributed by atoms with Gasteiger partial charge in [-0.05, 0) is 54.3 Å². The largest absolute Gasteiger partial charge is 0.494 e. The molecular formula is C24H30N2O3. The third kappa shape index (κ3) is 5.17. The molecule has 1 aliphatic rings. The van der Waals surface area contributed by atoms with Crippen LogP contribution in [0.3, 0.4) is 0 Å². The van der Waals surface area contributed by atoms with E-state index in [0.717, 1.165) is 11.4 Å². The number of carbonyl (C=O) groups is 2. The molecule has 1 heterocycles. The van der Waals surface area contributed by atoms with Crippen molar-refractivity contribution in [2.75, 3.05) is 24.6 Å². The fraction of sp³-hybridized carbons (Fsp3) is 0.417. The van der Waals surface area contributed by atoms with E-state index in [9.17, 15) is 9.59 Å². The van der Waals surface area contributed by atoms with Gasteiger partial charge in [-0.25, -0.2) is 0 Å². The molecule has 2 aromatic rings. The van der Waals surface area contributed by atoms with Gasteiger partial charge in [0.25, 0.3) is 5.91 Å². The monoisotopic (exact) mass is 394 g/mol. The summed E-state index contributed by atoms with van der Waals surface area (Å²) in [6.07, 6.45) is 0.441. The Labute approximate surface area is 173 Å². The van der Waals surface area contributed by atoms with Gasteiger partial charge in [-0.15, -0.1) is 0 Å². The maximum Gasteiger partial charge on any atom is 0.251 e. The highest BCUT2D eigenvalue weighted by Gasteiger charge is 2.30. The lowest BCUT2D eigenvalue weighted by Crippen LogP contribution is -2.31. The highest BCUT2D eigenvalue weighted by Crippen LogP contribution is 2.27. The second-order valence-electron chi connectivity index (χ2n) is 8.54. The summed E-state index contributed by atoms with van der Waals surface area (Å²) in [4.78, 5) is 26.7. The zero-order valence-electron chi connectivity index (χ0n) is 17.7. The minimum atomic E-state index is -0.0996. The quantitative estimate of drug-likeness (QED) is 0.800. The number of benzene rings is 2. The first kappa shape index (κ1) is 20.9. The van der Waals surface area contributed by atoms with E-state index < -0.39 is 0 Å². The fourth-order valence-corrected chi connectivity index (χ4v) is 3.52. The van der Waals surface area contributed by atoms with Crippen LogP contribution in [-0.4, -0.2) is 31.5 Å². The summed E-state index contributed by atoms with van der Waals surface area (Å²) >= 11 is 0. The molecule has 0 bridgehead atoms. The van der Waals surface area contributed by atoms with Gasteiger partial charge in [0.1, 0.15) is 5.75 Å². The molecule has 1 unspecified atom stereocenters. The van der Waals surface area contributed by atoms with Crippen LogP contribution in [0, 0.1) is 5.92 Å². The number of carbonyl (C=O) groups excluding carboxylic acids is 2. The second kappa shape index (κ2) is 8.68. The summed E-state index contributed by atoms with van der Waals surface area (Å²) in [5.41, 5.74) is 2.76. The molecule has 29 heavy (non-hydrogen) atoms. The average Bonchev–Trinajstić information content (AvgIpc) is 3.07. The van der Waals surface area contributed by atoms with Gasteiger partial charge in [-0.3, -0.25) is 9.59 Å². The number of anilines is 1. The second-order valence-corrected chi connectivity index (χ2v) is 8.54. The normalized spacial score (nSPS) is 16.8. The van der Waals surface area contributed by atoms with Gasteiger partial charge >= 0.3 is 0 Å². The van der Waals surface area contributed by atoms with Gasteiger partial charge in [0.05, 0.1) is 6.61 Å². The molecule has 0 aliphatic carbocycles. The van der Waals surface area contributed by atoms with Crippen LogP contribution in [0.25, 0.3) is 0 Å². The van der Waals surface area contributed by atoms with Crippen molar-refractivity contribution in [3.63, 3.8) is 0 Å². The van der Waals surface area contributed by atoms with E-state index in [2.05, 4.69) is 26.1 Å². The predicted octanol–water partition coefficient (Wildman–Crippen LogP) is 4.17. The Balaban J connectivity index is 1.55. The molecule has 0 saturated carbocycles. The van der Waals surface area contributed by atoms with Crippen LogP contribution in [0.1, 0.15) is 50.0 Å². The number of amides is 2. The van der Waals surface area contributed by atoms with Crippen molar-refractivity contribution < 1.29 is 14.3 Å². The molecule has 0 aromatic heterocycles. The van der Waals surface area contributed by atoms with Crippen molar-refractivity contribution in [2.24, 2.45) is 5.92 Å². The molecule has 3 rings (SSSR count). The molecule has 1 saturated heterocycles. The lowest BCUT2D eigenvalue weighted by atomic mass is 9.87. The van der Waals surface area contributed by atoms with E-state index in [1.54, 1.807) is 4.90 Å². The third-order valence-electron chi connectivity index (χ3n) is 5.23. The molecule has 1 atom stereocenters. The topological polar surface area (TPSA) is 58.6 Å². The number of hydrogen-bond acceptors (Lipinski definition) is 3. The fourth-order valence-electron chi connectivity index (χ4n) is 3.52. The summed E-state index contributed by atoms with van der Waals surface area (Å²) < 4.78 is 5.45. The van der Waals surface area contributed by atoms with E-state index in [1.807, 2.05) is 55.5 Å². The Hall–Kier alpha value is -2.82. The van der Waals surface area contributed by atoms with Gasteiger partial charge < -0.3 is 15.0 Å². The number of rotatable bonds is 6. The molecule has 1 N–H and O–H groups in total. The van der Waals surface area contributed by atoms with Crippen molar-refractivity contribution in [2.45, 2.75) is 39.5 Å². The zero-order chi connectivity index (χ0) is 21.0. The van der Waals surface area contributed by atoms with Crippen LogP contribution in [-0.2, 0) is 10.2 Å². The van der Waals surface area contributed by atoms with Crippen LogP contribution in [0.5, 0.6) is 5.75 Å². The van der Waals surface area contributed by atoms with Crippen LogP contribution in [0.2, 0.25) is 0 Å². The number of ether oxygens (including phenoxy) is 1. The Morgan fingerprint density at radius 3 is 2.34 bits per heavy atom. The standard InChI is InChI=1S/C24H30N2O3/c1-5-29-21-12-10-20(11-13-21)26-16-17(14-22(26)27)15-25-23(28)18-6-8-19(9-7-18)24(2,3)4/h6-13,17H,5,14-16H2,1-4H3,(H,25,28). The molecule has 0 spiro atoms. The van der Waals surface area contributed by atoms with Crippen molar-refractivity contribution in [3.05, 3.63) is 59.7 Å². The molecule has 0 radical (unpaired) electrons. The van der Waals surface area contributed by atoms with E-state index in [1.165, 1.54) is 5.56 Å². The van der Waals surface area contributed by atoms with E-state index in [0.29, 0.717) is 31.7 Å². The first-order valence-electron chi connectivity index (χ1n) is 10.2. The Morgan fingerprint density at radius 1 is 1.10 bits per heavy atom. The first-order valence-corrected chi connectivity index (χ1v) is 10.2. The van der Waals surface area contributed by atoms with Crippen molar-refractivity contribution >= 4 is 17.5 Å². The van der Waals surface area contributed by atoms with Crippen LogP contribution in [0.15, 0.2) is 48.5 Å². The van der Waals surface area contributed by atoms with Gasteiger partial charge in [0.2, 0.25) is 5.91 Å². The SMILES string of the molecule is CCOc1ccc(N2CC(CNC(=O)c3ccc(C(C)(C)C)cc3)CC2=O)cc1. The maximum absolute atomic E-state index is 12.5. The number of hydrogen-bond donors (Lipinski definition) is 1. The summed E-state index contributed by atoms with van der Waals surface area (Å²) in [5, 5.41) is 2.98. The maximum atomic E-state index is 12.5. The van der Waals surface area contributed by atoms with E-state index in [4.69, 9.17) is 4.74 Å². The summed E-state index contributed by atoms with van der Waals surface area (Å²) in [6, 6.07) is 15.3. The predicted molar refractivity (Wildman–Crippen MR) is 116 cm³/mol. The summed E-state index contributed by atoms with van der Waals surface area (Å²) in [7, 11) is 0. The van der Waals surface area contributed by atoms with Crippen LogP contribution >= 0.6 is 0 Å². The molecular weight excluding hydrogens is 364 g/mol. The van der Waals surface area contributed by atoms with Crippen molar-refractivity contribution in [1.82, 2.24) is 5.32 Å². The third-order valence-corrected chi connectivity index (χ3v) is 5.23. The minimum absolute atomic E-state index is 0.0591. The highest BCUT2D eigenvalue weighted by atomic mass is 16.5. The van der Waals surface area contributed by atoms with Gasteiger partial charge in [0.15, 0.2) is 0 Å². The zero-order valence-corrected chi connectivity index (χ0v) is 17.7. The summed E-state index contributed by atoms with van der Waals surface area (Å²) in [6.45, 7) is 10.1. The smallest absolute Gasteiger partial charge is 0.251 e. The lowest BCUT2D eigenvalue weighted by molar-refractivity contribution is -0.117. The van der Waals surface area contributed by atoms with E-state index >= 15 is 0 Å². The molecule has 1 fully saturated rings. The molecule has 1 aliphatic heterocycles. The Morgan fingerprint density at radius 2 is 1.76 bits per heavy atom. The van der Waals surface area contributed by atoms with Crippen LogP contribution in [0.4, 0.5) is 5.69 Å². The van der Waals surface area contributed by atoms with Gasteiger partial charge in [-0.1, -0.05) is 32.9 Å². The summed E-state index contributed by atoms with van der Waals surface area (Å²) in [5.74, 6) is 0.886. The molecule has 2 amide bonds. The number of nitrogens with zero attached hydrogens (tertiary/aromatic N) is 1. The van der Waals surface area contributed by atoms with Gasteiger partial charge in [-0.2, -0.15) is 0 Å². The highest BCUT2D eigenvalue weighted by molar-refractivity contribution is 5.96. The lowest BCUT2D eigenvalue weighted by Gasteiger charge is -2.19. The Bertz CT molecular complexity index is 851. The number of nitrogens with one attached hydrogen (secondary N) is 1. The molecule has 154 valence electrons. The first-order chi connectivity index (χ1) is 13.8. The molecule has 5 nitrogen and oxygen atoms in total. The van der Waals surface area contributed by atoms with E-state index in [-0.39, 0.29) is 23.1 Å². The van der Waals surface area contributed by atoms with Crippen LogP contribution < -0.4 is 15.0 Å². The van der Waals surface area contributed by atoms with Crippen molar-refractivity contribution in [3.8, 4) is 5.75 Å². The Kier molecular flexibility index (Phi) is 6.26. The van der Waals surface area contributed by atoms with Gasteiger partial charge in [0, 0.05) is 36.7 Å². The van der Waals surface area contributed by atoms with Crippen molar-refractivity contribution in [1.29, 1.82) is 0 Å². The molecule has 2 aromatic carbocycles. The molecule has 5 heteroatoms. The minimum Gasteiger partial charge on any atom is -0.494 e. The average molecular weight is 395 g/mol.